The number of carbonyl (C=O) groups excluding carboxylic acids is 2. The quantitative estimate of drug-likeness (QED) is 0.245. The average molecular weight is 615 g/mol. The number of carbonyl (C=O) groups is 2. The maximum atomic E-state index is 13.2. The first-order valence-electron chi connectivity index (χ1n) is 14.2. The number of ether oxygens (including phenoxy) is 1. The Hall–Kier alpha value is -3.93. The molecule has 43 heavy (non-hydrogen) atoms. The number of halogens is 2. The van der Waals surface area contributed by atoms with Crippen molar-refractivity contribution < 1.29 is 18.7 Å². The van der Waals surface area contributed by atoms with Crippen LogP contribution >= 0.6 is 11.6 Å². The SMILES string of the molecule is C=C(F)C(=O)Nc1ccc(Cl)c(CNc2nc(N[C@H]3CCC(C)(C)N(C(=O)OC(C)(C)C)C3)nc3c(C(C)C)cnn23)c1. The van der Waals surface area contributed by atoms with E-state index in [0.29, 0.717) is 40.4 Å². The van der Waals surface area contributed by atoms with E-state index < -0.39 is 17.3 Å². The maximum Gasteiger partial charge on any atom is 0.410 e. The van der Waals surface area contributed by atoms with Gasteiger partial charge in [0.25, 0.3) is 5.91 Å². The smallest absolute Gasteiger partial charge is 0.410 e. The van der Waals surface area contributed by atoms with Crippen molar-refractivity contribution in [3.05, 3.63) is 53.0 Å². The second-order valence-corrected chi connectivity index (χ2v) is 13.1. The standard InChI is InChI=1S/C30H40ClFN8O3/c1-17(2)22-15-34-40-24(22)37-26(36-21-11-12-30(7,8)39(16-21)28(42)43-29(4,5)6)38-27(40)33-14-19-13-20(9-10-23(19)31)35-25(41)18(3)32/h9-10,13,15,17,21H,3,11-12,14,16H2,1-2,4-8H3,(H,35,41)(H2,33,36,37,38)/t21-/m0/s1. The van der Waals surface area contributed by atoms with Gasteiger partial charge in [-0.3, -0.25) is 4.79 Å². The number of likely N-dealkylation sites (tertiary alicyclic amines) is 1. The molecule has 0 unspecified atom stereocenters. The van der Waals surface area contributed by atoms with Crippen LogP contribution in [0, 0.1) is 0 Å². The second kappa shape index (κ2) is 12.4. The van der Waals surface area contributed by atoms with Crippen LogP contribution in [0.25, 0.3) is 5.65 Å². The molecule has 0 saturated carbocycles. The van der Waals surface area contributed by atoms with Crippen molar-refractivity contribution in [1.82, 2.24) is 24.5 Å². The molecule has 11 nitrogen and oxygen atoms in total. The highest BCUT2D eigenvalue weighted by molar-refractivity contribution is 6.31. The number of nitrogens with zero attached hydrogens (tertiary/aromatic N) is 5. The Labute approximate surface area is 256 Å². The van der Waals surface area contributed by atoms with Crippen LogP contribution in [0.5, 0.6) is 0 Å². The number of nitrogens with one attached hydrogen (secondary N) is 3. The molecule has 0 radical (unpaired) electrons. The van der Waals surface area contributed by atoms with Gasteiger partial charge in [-0.25, -0.2) is 9.18 Å². The summed E-state index contributed by atoms with van der Waals surface area (Å²) in [7, 11) is 0. The molecule has 1 aliphatic rings. The molecule has 1 atom stereocenters. The van der Waals surface area contributed by atoms with Crippen molar-refractivity contribution in [2.75, 3.05) is 22.5 Å². The molecule has 1 aromatic carbocycles. The predicted octanol–water partition coefficient (Wildman–Crippen LogP) is 6.52. The second-order valence-electron chi connectivity index (χ2n) is 12.7. The van der Waals surface area contributed by atoms with Crippen LogP contribution in [0.4, 0.5) is 26.8 Å². The molecule has 232 valence electrons. The van der Waals surface area contributed by atoms with Gasteiger partial charge in [-0.2, -0.15) is 19.6 Å². The zero-order valence-corrected chi connectivity index (χ0v) is 26.5. The Morgan fingerprint density at radius 2 is 1.98 bits per heavy atom. The van der Waals surface area contributed by atoms with Crippen LogP contribution < -0.4 is 16.0 Å². The molecule has 3 aromatic rings. The minimum atomic E-state index is -1.09. The lowest BCUT2D eigenvalue weighted by Gasteiger charge is -2.45. The largest absolute Gasteiger partial charge is 0.444 e. The van der Waals surface area contributed by atoms with Gasteiger partial charge in [0, 0.05) is 40.9 Å². The number of hydrogen-bond acceptors (Lipinski definition) is 8. The molecule has 4 rings (SSSR count). The van der Waals surface area contributed by atoms with Crippen LogP contribution in [0.3, 0.4) is 0 Å². The molecule has 3 N–H and O–H groups in total. The lowest BCUT2D eigenvalue weighted by molar-refractivity contribution is -0.114. The molecule has 1 fully saturated rings. The Bertz CT molecular complexity index is 1530. The number of fused-ring (bicyclic) bond motifs is 1. The number of rotatable bonds is 8. The summed E-state index contributed by atoms with van der Waals surface area (Å²) in [4.78, 5) is 36.1. The van der Waals surface area contributed by atoms with Gasteiger partial charge in [0.05, 0.1) is 6.20 Å². The number of anilines is 3. The van der Waals surface area contributed by atoms with Gasteiger partial charge in [0.2, 0.25) is 11.9 Å². The fourth-order valence-electron chi connectivity index (χ4n) is 4.80. The van der Waals surface area contributed by atoms with Crippen molar-refractivity contribution in [1.29, 1.82) is 0 Å². The molecule has 2 amide bonds. The Morgan fingerprint density at radius 1 is 1.26 bits per heavy atom. The van der Waals surface area contributed by atoms with E-state index in [1.807, 2.05) is 34.6 Å². The predicted molar refractivity (Wildman–Crippen MR) is 166 cm³/mol. The summed E-state index contributed by atoms with van der Waals surface area (Å²) < 4.78 is 20.5. The van der Waals surface area contributed by atoms with Gasteiger partial charge < -0.3 is 25.6 Å². The van der Waals surface area contributed by atoms with E-state index in [1.165, 1.54) is 0 Å². The third kappa shape index (κ3) is 7.73. The van der Waals surface area contributed by atoms with Crippen LogP contribution in [-0.2, 0) is 16.1 Å². The number of benzene rings is 1. The first-order chi connectivity index (χ1) is 20.0. The van der Waals surface area contributed by atoms with Crippen LogP contribution in [-0.4, -0.2) is 60.2 Å². The molecule has 0 aliphatic carbocycles. The van der Waals surface area contributed by atoms with E-state index in [1.54, 1.807) is 33.8 Å². The zero-order chi connectivity index (χ0) is 31.7. The van der Waals surface area contributed by atoms with E-state index in [0.717, 1.165) is 18.4 Å². The topological polar surface area (TPSA) is 126 Å². The van der Waals surface area contributed by atoms with Gasteiger partial charge >= 0.3 is 6.09 Å². The Balaban J connectivity index is 1.60. The van der Waals surface area contributed by atoms with Crippen molar-refractivity contribution in [3.63, 3.8) is 0 Å². The van der Waals surface area contributed by atoms with Gasteiger partial charge in [-0.15, -0.1) is 0 Å². The third-order valence-corrected chi connectivity index (χ3v) is 7.56. The molecule has 1 saturated heterocycles. The van der Waals surface area contributed by atoms with Crippen LogP contribution in [0.2, 0.25) is 5.02 Å². The fraction of sp³-hybridized carbons (Fsp3) is 0.500. The van der Waals surface area contributed by atoms with Crippen LogP contribution in [0.15, 0.2) is 36.8 Å². The summed E-state index contributed by atoms with van der Waals surface area (Å²) in [5.41, 5.74) is 1.64. The molecule has 1 aliphatic heterocycles. The van der Waals surface area contributed by atoms with Gasteiger partial charge in [0.1, 0.15) is 5.60 Å². The molecular weight excluding hydrogens is 575 g/mol. The lowest BCUT2D eigenvalue weighted by Crippen LogP contribution is -2.57. The van der Waals surface area contributed by atoms with Gasteiger partial charge in [-0.1, -0.05) is 32.0 Å². The van der Waals surface area contributed by atoms with E-state index in [-0.39, 0.29) is 30.1 Å². The van der Waals surface area contributed by atoms with E-state index >= 15 is 0 Å². The highest BCUT2D eigenvalue weighted by Gasteiger charge is 2.39. The molecule has 0 bridgehead atoms. The first kappa shape index (κ1) is 32.0. The van der Waals surface area contributed by atoms with Crippen LogP contribution in [0.1, 0.15) is 78.4 Å². The number of aromatic nitrogens is 4. The van der Waals surface area contributed by atoms with Crippen molar-refractivity contribution in [2.45, 2.75) is 91.0 Å². The molecule has 13 heteroatoms. The highest BCUT2D eigenvalue weighted by Crippen LogP contribution is 2.31. The molecule has 0 spiro atoms. The highest BCUT2D eigenvalue weighted by atomic mass is 35.5. The summed E-state index contributed by atoms with van der Waals surface area (Å²) in [5, 5.41) is 14.1. The van der Waals surface area contributed by atoms with E-state index in [9.17, 15) is 14.0 Å². The molecule has 3 heterocycles. The van der Waals surface area contributed by atoms with Gasteiger partial charge in [-0.05, 0) is 77.1 Å². The minimum Gasteiger partial charge on any atom is -0.444 e. The summed E-state index contributed by atoms with van der Waals surface area (Å²) in [5.74, 6) is -1.05. The average Bonchev–Trinajstić information content (AvgIpc) is 3.33. The zero-order valence-electron chi connectivity index (χ0n) is 25.7. The van der Waals surface area contributed by atoms with Crippen molar-refractivity contribution >= 4 is 46.8 Å². The van der Waals surface area contributed by atoms with Crippen molar-refractivity contribution in [3.8, 4) is 0 Å². The summed E-state index contributed by atoms with van der Waals surface area (Å²) in [6.07, 6.45) is 2.98. The number of hydrogen-bond donors (Lipinski definition) is 3. The fourth-order valence-corrected chi connectivity index (χ4v) is 4.99. The van der Waals surface area contributed by atoms with E-state index in [4.69, 9.17) is 26.3 Å². The monoisotopic (exact) mass is 614 g/mol. The summed E-state index contributed by atoms with van der Waals surface area (Å²) in [6.45, 7) is 17.4. The third-order valence-electron chi connectivity index (χ3n) is 7.19. The van der Waals surface area contributed by atoms with Gasteiger partial charge in [0.15, 0.2) is 11.5 Å². The lowest BCUT2D eigenvalue weighted by atomic mass is 9.88. The normalized spacial score (nSPS) is 16.7. The minimum absolute atomic E-state index is 0.110. The molecular formula is C30H40ClFN8O3. The summed E-state index contributed by atoms with van der Waals surface area (Å²) >= 11 is 6.43. The number of piperidine rings is 1. The first-order valence-corrected chi connectivity index (χ1v) is 14.6. The Morgan fingerprint density at radius 3 is 2.63 bits per heavy atom. The maximum absolute atomic E-state index is 13.2. The number of amides is 2. The van der Waals surface area contributed by atoms with E-state index in [2.05, 4.69) is 41.5 Å². The molecule has 2 aromatic heterocycles. The van der Waals surface area contributed by atoms with Crippen molar-refractivity contribution in [2.24, 2.45) is 0 Å². The Kier molecular flexibility index (Phi) is 9.19. The summed E-state index contributed by atoms with van der Waals surface area (Å²) in [6, 6.07) is 4.72.